The third kappa shape index (κ3) is 7.24. The number of aromatic nitrogens is 1. The number of ether oxygens (including phenoxy) is 1. The van der Waals surface area contributed by atoms with E-state index in [-0.39, 0.29) is 17.8 Å². The van der Waals surface area contributed by atoms with Gasteiger partial charge in [-0.05, 0) is 56.8 Å². The third-order valence-corrected chi connectivity index (χ3v) is 7.06. The number of hydrogen-bond acceptors (Lipinski definition) is 7. The highest BCUT2D eigenvalue weighted by molar-refractivity contribution is 5.55. The summed E-state index contributed by atoms with van der Waals surface area (Å²) in [4.78, 5) is 19.5. The Hall–Kier alpha value is -3.08. The lowest BCUT2D eigenvalue weighted by molar-refractivity contribution is -0.388. The Labute approximate surface area is 215 Å². The minimum atomic E-state index is -4.80. The van der Waals surface area contributed by atoms with Crippen molar-refractivity contribution in [3.63, 3.8) is 0 Å². The van der Waals surface area contributed by atoms with Crippen LogP contribution < -0.4 is 15.0 Å². The van der Waals surface area contributed by atoms with Gasteiger partial charge in [-0.25, -0.2) is 0 Å². The number of alkyl halides is 3. The smallest absolute Gasteiger partial charge is 0.423 e. The maximum Gasteiger partial charge on any atom is 0.423 e. The highest BCUT2D eigenvalue weighted by Gasteiger charge is 2.38. The van der Waals surface area contributed by atoms with Crippen LogP contribution in [0.4, 0.5) is 30.4 Å². The SMILES string of the molecule is CCCCN1CCN(c2cccc(OC3CCC(Nc4ccc([N+](=O)[O-])c(C(F)(F)F)c4)CC3)n2)CC1. The van der Waals surface area contributed by atoms with E-state index >= 15 is 0 Å². The summed E-state index contributed by atoms with van der Waals surface area (Å²) in [6, 6.07) is 8.85. The second kappa shape index (κ2) is 12.0. The molecule has 1 saturated carbocycles. The fraction of sp³-hybridized carbons (Fsp3) is 0.577. The topological polar surface area (TPSA) is 83.8 Å². The van der Waals surface area contributed by atoms with E-state index < -0.39 is 22.4 Å². The molecule has 0 amide bonds. The number of nitrogens with zero attached hydrogens (tertiary/aromatic N) is 4. The van der Waals surface area contributed by atoms with Crippen LogP contribution in [0.3, 0.4) is 0 Å². The zero-order chi connectivity index (χ0) is 26.4. The van der Waals surface area contributed by atoms with E-state index in [0.717, 1.165) is 63.5 Å². The molecule has 1 aliphatic heterocycles. The van der Waals surface area contributed by atoms with Crippen molar-refractivity contribution in [1.29, 1.82) is 0 Å². The van der Waals surface area contributed by atoms with E-state index in [9.17, 15) is 23.3 Å². The summed E-state index contributed by atoms with van der Waals surface area (Å²) in [5.41, 5.74) is -1.96. The number of nitro benzene ring substituents is 1. The van der Waals surface area contributed by atoms with Gasteiger partial charge < -0.3 is 15.0 Å². The minimum absolute atomic E-state index is 0.0192. The molecule has 2 aliphatic rings. The third-order valence-electron chi connectivity index (χ3n) is 7.06. The predicted molar refractivity (Wildman–Crippen MR) is 136 cm³/mol. The Morgan fingerprint density at radius 1 is 1.11 bits per heavy atom. The summed E-state index contributed by atoms with van der Waals surface area (Å²) in [5, 5.41) is 14.1. The van der Waals surface area contributed by atoms with Crippen molar-refractivity contribution in [2.45, 2.75) is 63.8 Å². The van der Waals surface area contributed by atoms with Gasteiger partial charge in [-0.3, -0.25) is 15.0 Å². The van der Waals surface area contributed by atoms with E-state index in [4.69, 9.17) is 9.72 Å². The quantitative estimate of drug-likeness (QED) is 0.333. The van der Waals surface area contributed by atoms with Gasteiger partial charge in [0.15, 0.2) is 0 Å². The molecule has 0 unspecified atom stereocenters. The molecule has 11 heteroatoms. The molecule has 0 bridgehead atoms. The molecular formula is C26H34F3N5O3. The number of unbranched alkanes of at least 4 members (excludes halogenated alkanes) is 1. The molecule has 1 aromatic carbocycles. The molecule has 1 N–H and O–H groups in total. The maximum absolute atomic E-state index is 13.3. The molecule has 0 spiro atoms. The molecule has 8 nitrogen and oxygen atoms in total. The fourth-order valence-corrected chi connectivity index (χ4v) is 4.97. The monoisotopic (exact) mass is 521 g/mol. The van der Waals surface area contributed by atoms with Crippen LogP contribution in [0.25, 0.3) is 0 Å². The largest absolute Gasteiger partial charge is 0.474 e. The van der Waals surface area contributed by atoms with Crippen molar-refractivity contribution in [1.82, 2.24) is 9.88 Å². The Morgan fingerprint density at radius 3 is 2.49 bits per heavy atom. The van der Waals surface area contributed by atoms with Crippen LogP contribution in [0.1, 0.15) is 51.0 Å². The molecule has 0 atom stereocenters. The highest BCUT2D eigenvalue weighted by Crippen LogP contribution is 2.38. The first-order chi connectivity index (χ1) is 17.7. The summed E-state index contributed by atoms with van der Waals surface area (Å²) in [7, 11) is 0. The Balaban J connectivity index is 1.28. The summed E-state index contributed by atoms with van der Waals surface area (Å²) < 4.78 is 46.0. The summed E-state index contributed by atoms with van der Waals surface area (Å²) >= 11 is 0. The summed E-state index contributed by atoms with van der Waals surface area (Å²) in [6.07, 6.45) is 0.504. The minimum Gasteiger partial charge on any atom is -0.474 e. The average Bonchev–Trinajstić information content (AvgIpc) is 2.88. The number of hydrogen-bond donors (Lipinski definition) is 1. The van der Waals surface area contributed by atoms with Crippen LogP contribution in [0.5, 0.6) is 5.88 Å². The first kappa shape index (κ1) is 27.0. The first-order valence-electron chi connectivity index (χ1n) is 13.0. The number of halogens is 3. The van der Waals surface area contributed by atoms with Crippen molar-refractivity contribution < 1.29 is 22.8 Å². The van der Waals surface area contributed by atoms with Crippen molar-refractivity contribution >= 4 is 17.2 Å². The van der Waals surface area contributed by atoms with Crippen molar-refractivity contribution in [3.8, 4) is 5.88 Å². The fourth-order valence-electron chi connectivity index (χ4n) is 4.97. The number of benzene rings is 1. The summed E-state index contributed by atoms with van der Waals surface area (Å²) in [6.45, 7) is 7.30. The lowest BCUT2D eigenvalue weighted by atomic mass is 9.92. The van der Waals surface area contributed by atoms with Crippen molar-refractivity contribution in [2.24, 2.45) is 0 Å². The van der Waals surface area contributed by atoms with E-state index in [1.165, 1.54) is 18.9 Å². The van der Waals surface area contributed by atoms with Gasteiger partial charge in [0.1, 0.15) is 17.5 Å². The number of piperazine rings is 1. The Bertz CT molecular complexity index is 1050. The van der Waals surface area contributed by atoms with E-state index in [2.05, 4.69) is 22.0 Å². The Kier molecular flexibility index (Phi) is 8.73. The normalized spacial score (nSPS) is 21.0. The van der Waals surface area contributed by atoms with Gasteiger partial charge in [-0.15, -0.1) is 0 Å². The van der Waals surface area contributed by atoms with Gasteiger partial charge in [0, 0.05) is 50.0 Å². The van der Waals surface area contributed by atoms with Crippen molar-refractivity contribution in [2.75, 3.05) is 42.9 Å². The predicted octanol–water partition coefficient (Wildman–Crippen LogP) is 5.73. The average molecular weight is 522 g/mol. The van der Waals surface area contributed by atoms with E-state index in [1.54, 1.807) is 0 Å². The first-order valence-corrected chi connectivity index (χ1v) is 13.0. The molecule has 2 heterocycles. The molecular weight excluding hydrogens is 487 g/mol. The molecule has 2 aromatic rings. The second-order valence-electron chi connectivity index (χ2n) is 9.74. The maximum atomic E-state index is 13.3. The molecule has 4 rings (SSSR count). The lowest BCUT2D eigenvalue weighted by Gasteiger charge is -2.35. The Morgan fingerprint density at radius 2 is 1.84 bits per heavy atom. The number of nitrogens with one attached hydrogen (secondary N) is 1. The van der Waals surface area contributed by atoms with E-state index in [0.29, 0.717) is 18.7 Å². The van der Waals surface area contributed by atoms with Crippen LogP contribution in [0.2, 0.25) is 0 Å². The number of nitro groups is 1. The second-order valence-corrected chi connectivity index (χ2v) is 9.74. The molecule has 37 heavy (non-hydrogen) atoms. The van der Waals surface area contributed by atoms with Crippen molar-refractivity contribution in [3.05, 3.63) is 52.1 Å². The van der Waals surface area contributed by atoms with Crippen LogP contribution in [-0.4, -0.2) is 59.7 Å². The molecule has 0 radical (unpaired) electrons. The van der Waals surface area contributed by atoms with Crippen LogP contribution in [0.15, 0.2) is 36.4 Å². The summed E-state index contributed by atoms with van der Waals surface area (Å²) in [5.74, 6) is 1.51. The number of pyridine rings is 1. The van der Waals surface area contributed by atoms with Crippen LogP contribution in [0, 0.1) is 10.1 Å². The molecule has 1 aromatic heterocycles. The van der Waals surface area contributed by atoms with Crippen LogP contribution >= 0.6 is 0 Å². The van der Waals surface area contributed by atoms with E-state index in [1.807, 2.05) is 18.2 Å². The highest BCUT2D eigenvalue weighted by atomic mass is 19.4. The number of anilines is 2. The molecule has 1 saturated heterocycles. The van der Waals surface area contributed by atoms with Gasteiger partial charge in [0.25, 0.3) is 5.69 Å². The lowest BCUT2D eigenvalue weighted by Crippen LogP contribution is -2.46. The standard InChI is InChI=1S/C26H34F3N5O3/c1-2-3-13-32-14-16-33(17-15-32)24-5-4-6-25(31-24)37-21-10-7-19(8-11-21)30-20-9-12-23(34(35)36)22(18-20)26(27,28)29/h4-6,9,12,18-19,21,30H,2-3,7-8,10-11,13-17H2,1H3. The zero-order valence-electron chi connectivity index (χ0n) is 21.0. The molecule has 2 fully saturated rings. The van der Waals surface area contributed by atoms with Gasteiger partial charge in [0.05, 0.1) is 4.92 Å². The number of rotatable bonds is 9. The van der Waals surface area contributed by atoms with Gasteiger partial charge in [-0.1, -0.05) is 19.4 Å². The van der Waals surface area contributed by atoms with Gasteiger partial charge >= 0.3 is 6.18 Å². The molecule has 1 aliphatic carbocycles. The zero-order valence-corrected chi connectivity index (χ0v) is 21.0. The van der Waals surface area contributed by atoms with Gasteiger partial charge in [-0.2, -0.15) is 18.2 Å². The molecule has 202 valence electrons. The van der Waals surface area contributed by atoms with Gasteiger partial charge in [0.2, 0.25) is 5.88 Å². The van der Waals surface area contributed by atoms with Crippen LogP contribution in [-0.2, 0) is 6.18 Å².